The lowest BCUT2D eigenvalue weighted by Crippen LogP contribution is -2.29. The first kappa shape index (κ1) is 20.1. The van der Waals surface area contributed by atoms with Gasteiger partial charge in [0, 0.05) is 18.6 Å². The van der Waals surface area contributed by atoms with Crippen LogP contribution in [0.5, 0.6) is 5.75 Å². The van der Waals surface area contributed by atoms with Crippen molar-refractivity contribution in [2.75, 3.05) is 6.61 Å². The van der Waals surface area contributed by atoms with Crippen LogP contribution in [-0.4, -0.2) is 13.2 Å². The van der Waals surface area contributed by atoms with Crippen molar-refractivity contribution in [1.82, 2.24) is 0 Å². The van der Waals surface area contributed by atoms with Gasteiger partial charge in [0.2, 0.25) is 0 Å². The Bertz CT molecular complexity index is 892. The molecule has 2 nitrogen and oxygen atoms in total. The number of ether oxygens (including phenoxy) is 2. The van der Waals surface area contributed by atoms with Crippen LogP contribution in [0, 0.1) is 11.6 Å². The Kier molecular flexibility index (Phi) is 6.19. The van der Waals surface area contributed by atoms with Crippen LogP contribution in [0.1, 0.15) is 30.9 Å². The molecule has 2 aromatic carbocycles. The molecule has 2 aromatic rings. The molecule has 0 spiro atoms. The number of hydrogen-bond donors (Lipinski definition) is 0. The molecule has 1 aliphatic carbocycles. The normalized spacial score (nSPS) is 19.0. The summed E-state index contributed by atoms with van der Waals surface area (Å²) in [6.07, 6.45) is 6.41. The fraction of sp³-hybridized carbons (Fsp3) is 0.273. The smallest absolute Gasteiger partial charge is 0.387 e. The van der Waals surface area contributed by atoms with Gasteiger partial charge in [-0.3, -0.25) is 0 Å². The summed E-state index contributed by atoms with van der Waals surface area (Å²) in [7, 11) is 0. The van der Waals surface area contributed by atoms with Gasteiger partial charge >= 0.3 is 6.61 Å². The number of rotatable bonds is 7. The van der Waals surface area contributed by atoms with E-state index in [0.717, 1.165) is 18.6 Å². The summed E-state index contributed by atoms with van der Waals surface area (Å²) in [4.78, 5) is 0. The predicted octanol–water partition coefficient (Wildman–Crippen LogP) is 6.23. The van der Waals surface area contributed by atoms with Gasteiger partial charge in [-0.2, -0.15) is 8.78 Å². The molecule has 0 saturated heterocycles. The summed E-state index contributed by atoms with van der Waals surface area (Å²) in [5.74, 6) is -1.75. The number of alkyl halides is 2. The summed E-state index contributed by atoms with van der Waals surface area (Å²) in [5.41, 5.74) is 0.677. The van der Waals surface area contributed by atoms with Crippen molar-refractivity contribution in [2.24, 2.45) is 0 Å². The second-order valence-corrected chi connectivity index (χ2v) is 6.44. The molecule has 3 rings (SSSR count). The first-order chi connectivity index (χ1) is 13.4. The van der Waals surface area contributed by atoms with Crippen LogP contribution >= 0.6 is 0 Å². The third-order valence-corrected chi connectivity index (χ3v) is 4.54. The first-order valence-electron chi connectivity index (χ1n) is 8.98. The highest BCUT2D eigenvalue weighted by Crippen LogP contribution is 2.39. The van der Waals surface area contributed by atoms with Crippen molar-refractivity contribution in [2.45, 2.75) is 32.0 Å². The van der Waals surface area contributed by atoms with Crippen LogP contribution in [0.25, 0.3) is 5.57 Å². The van der Waals surface area contributed by atoms with Gasteiger partial charge in [0.1, 0.15) is 11.4 Å². The van der Waals surface area contributed by atoms with E-state index in [2.05, 4.69) is 4.74 Å². The minimum atomic E-state index is -3.11. The zero-order valence-electron chi connectivity index (χ0n) is 15.3. The average molecular weight is 392 g/mol. The van der Waals surface area contributed by atoms with Crippen LogP contribution in [0.2, 0.25) is 0 Å². The molecule has 0 radical (unpaired) electrons. The van der Waals surface area contributed by atoms with Crippen molar-refractivity contribution in [3.63, 3.8) is 0 Å². The molecule has 0 aromatic heterocycles. The van der Waals surface area contributed by atoms with E-state index in [0.29, 0.717) is 29.7 Å². The minimum Gasteiger partial charge on any atom is -0.432 e. The second-order valence-electron chi connectivity index (χ2n) is 6.44. The van der Waals surface area contributed by atoms with E-state index < -0.39 is 23.8 Å². The molecule has 1 unspecified atom stereocenters. The van der Waals surface area contributed by atoms with Crippen LogP contribution in [0.15, 0.2) is 60.7 Å². The zero-order chi connectivity index (χ0) is 20.1. The number of halogens is 4. The Morgan fingerprint density at radius 3 is 2.46 bits per heavy atom. The van der Waals surface area contributed by atoms with E-state index in [9.17, 15) is 17.6 Å². The highest BCUT2D eigenvalue weighted by atomic mass is 19.3. The van der Waals surface area contributed by atoms with Crippen molar-refractivity contribution in [3.05, 3.63) is 83.5 Å². The van der Waals surface area contributed by atoms with E-state index in [4.69, 9.17) is 4.74 Å². The Morgan fingerprint density at radius 2 is 1.86 bits per heavy atom. The van der Waals surface area contributed by atoms with Crippen LogP contribution in [0.4, 0.5) is 17.6 Å². The summed E-state index contributed by atoms with van der Waals surface area (Å²) in [6, 6.07) is 10.2. The van der Waals surface area contributed by atoms with Crippen molar-refractivity contribution < 1.29 is 27.0 Å². The molecule has 0 bridgehead atoms. The van der Waals surface area contributed by atoms with E-state index >= 15 is 0 Å². The second kappa shape index (κ2) is 8.61. The molecule has 0 aliphatic heterocycles. The molecule has 1 aliphatic rings. The Labute approximate surface area is 161 Å². The summed E-state index contributed by atoms with van der Waals surface area (Å²) < 4.78 is 63.2. The van der Waals surface area contributed by atoms with Gasteiger partial charge in [-0.25, -0.2) is 8.78 Å². The third kappa shape index (κ3) is 4.28. The molecule has 0 N–H and O–H groups in total. The average Bonchev–Trinajstić information content (AvgIpc) is 2.68. The molecule has 0 heterocycles. The largest absolute Gasteiger partial charge is 0.432 e. The molecule has 6 heteroatoms. The molecule has 1 atom stereocenters. The molecule has 0 saturated carbocycles. The fourth-order valence-electron chi connectivity index (χ4n) is 3.16. The van der Waals surface area contributed by atoms with Crippen LogP contribution in [-0.2, 0) is 10.3 Å². The number of allylic oxidation sites excluding steroid dienone is 2. The predicted molar refractivity (Wildman–Crippen MR) is 99.1 cm³/mol. The van der Waals surface area contributed by atoms with Gasteiger partial charge in [0.25, 0.3) is 0 Å². The highest BCUT2D eigenvalue weighted by molar-refractivity contribution is 5.76. The van der Waals surface area contributed by atoms with Gasteiger partial charge < -0.3 is 9.47 Å². The Morgan fingerprint density at radius 1 is 1.07 bits per heavy atom. The minimum absolute atomic E-state index is 0.333. The molecule has 148 valence electrons. The van der Waals surface area contributed by atoms with E-state index in [-0.39, 0.29) is 5.82 Å². The van der Waals surface area contributed by atoms with E-state index in [1.54, 1.807) is 30.4 Å². The van der Waals surface area contributed by atoms with E-state index in [1.807, 2.05) is 13.0 Å². The maximum Gasteiger partial charge on any atom is 0.387 e. The molecule has 28 heavy (non-hydrogen) atoms. The maximum atomic E-state index is 14.2. The molecular formula is C22H20F4O2. The monoisotopic (exact) mass is 392 g/mol. The van der Waals surface area contributed by atoms with Gasteiger partial charge in [-0.05, 0) is 41.8 Å². The van der Waals surface area contributed by atoms with Crippen LogP contribution < -0.4 is 4.74 Å². The number of benzene rings is 2. The molecule has 0 fully saturated rings. The van der Waals surface area contributed by atoms with Crippen molar-refractivity contribution >= 4 is 5.57 Å². The fourth-order valence-corrected chi connectivity index (χ4v) is 3.16. The molecular weight excluding hydrogens is 372 g/mol. The lowest BCUT2D eigenvalue weighted by Gasteiger charge is -2.33. The van der Waals surface area contributed by atoms with E-state index in [1.165, 1.54) is 12.1 Å². The lowest BCUT2D eigenvalue weighted by molar-refractivity contribution is -0.0523. The third-order valence-electron chi connectivity index (χ3n) is 4.54. The SMILES string of the molecule is CCCOC1(c2ccc(OC(F)F)c(F)c2)C=CC(c2ccccc2F)=CC1. The highest BCUT2D eigenvalue weighted by Gasteiger charge is 2.33. The lowest BCUT2D eigenvalue weighted by atomic mass is 9.83. The number of hydrogen-bond acceptors (Lipinski definition) is 2. The van der Waals surface area contributed by atoms with Gasteiger partial charge in [0.05, 0.1) is 0 Å². The molecule has 0 amide bonds. The quantitative estimate of drug-likeness (QED) is 0.520. The Hall–Kier alpha value is -2.60. The van der Waals surface area contributed by atoms with Gasteiger partial charge in [-0.1, -0.05) is 43.3 Å². The zero-order valence-corrected chi connectivity index (χ0v) is 15.3. The topological polar surface area (TPSA) is 18.5 Å². The Balaban J connectivity index is 1.92. The summed E-state index contributed by atoms with van der Waals surface area (Å²) in [6.45, 7) is -0.739. The van der Waals surface area contributed by atoms with Gasteiger partial charge in [0.15, 0.2) is 11.6 Å². The maximum absolute atomic E-state index is 14.2. The van der Waals surface area contributed by atoms with Crippen molar-refractivity contribution in [3.8, 4) is 5.75 Å². The van der Waals surface area contributed by atoms with Gasteiger partial charge in [-0.15, -0.1) is 0 Å². The van der Waals surface area contributed by atoms with Crippen LogP contribution in [0.3, 0.4) is 0 Å². The summed E-state index contributed by atoms with van der Waals surface area (Å²) >= 11 is 0. The standard InChI is InChI=1S/C22H20F4O2/c1-2-13-27-22(16-7-8-20(19(24)14-16)28-21(25)26)11-9-15(10-12-22)17-5-3-4-6-18(17)23/h3-11,14,21H,2,12-13H2,1H3. The first-order valence-corrected chi connectivity index (χ1v) is 8.98. The summed E-state index contributed by atoms with van der Waals surface area (Å²) in [5, 5.41) is 0. The van der Waals surface area contributed by atoms with Crippen molar-refractivity contribution in [1.29, 1.82) is 0 Å².